The molecule has 0 aliphatic carbocycles. The first-order valence-electron chi connectivity index (χ1n) is 5.73. The van der Waals surface area contributed by atoms with E-state index in [1.807, 2.05) is 6.92 Å². The third-order valence-corrected chi connectivity index (χ3v) is 6.62. The van der Waals surface area contributed by atoms with Crippen LogP contribution < -0.4 is 5.32 Å². The van der Waals surface area contributed by atoms with E-state index < -0.39 is 14.6 Å². The highest BCUT2D eigenvalue weighted by molar-refractivity contribution is 7.92. The summed E-state index contributed by atoms with van der Waals surface area (Å²) in [7, 11) is -3.09. The van der Waals surface area contributed by atoms with E-state index in [4.69, 9.17) is 23.2 Å². The van der Waals surface area contributed by atoms with Crippen molar-refractivity contribution in [3.8, 4) is 0 Å². The molecule has 3 nitrogen and oxygen atoms in total. The van der Waals surface area contributed by atoms with Crippen LogP contribution in [0.3, 0.4) is 0 Å². The van der Waals surface area contributed by atoms with E-state index in [-0.39, 0.29) is 11.3 Å². The van der Waals surface area contributed by atoms with Crippen molar-refractivity contribution in [3.05, 3.63) is 0 Å². The van der Waals surface area contributed by atoms with Crippen molar-refractivity contribution in [2.24, 2.45) is 0 Å². The second kappa shape index (κ2) is 6.60. The van der Waals surface area contributed by atoms with Crippen LogP contribution in [-0.2, 0) is 9.84 Å². The van der Waals surface area contributed by atoms with Crippen molar-refractivity contribution in [2.75, 3.05) is 24.1 Å². The highest BCUT2D eigenvalue weighted by Gasteiger charge is 2.30. The molecular formula is C11H23Cl2NO2S. The van der Waals surface area contributed by atoms with Gasteiger partial charge in [-0.25, -0.2) is 8.42 Å². The van der Waals surface area contributed by atoms with Crippen molar-refractivity contribution in [1.82, 2.24) is 5.32 Å². The molecule has 0 saturated heterocycles. The normalized spacial score (nSPS) is 14.0. The first-order chi connectivity index (χ1) is 7.64. The molecule has 0 aliphatic heterocycles. The number of sulfone groups is 1. The van der Waals surface area contributed by atoms with Gasteiger partial charge in [-0.2, -0.15) is 0 Å². The summed E-state index contributed by atoms with van der Waals surface area (Å²) < 4.78 is 23.1. The number of nitrogens with one attached hydrogen (secondary N) is 1. The molecule has 0 fully saturated rings. The molecule has 17 heavy (non-hydrogen) atoms. The van der Waals surface area contributed by atoms with Gasteiger partial charge < -0.3 is 5.32 Å². The molecule has 0 aliphatic rings. The summed E-state index contributed by atoms with van der Waals surface area (Å²) >= 11 is 11.7. The summed E-state index contributed by atoms with van der Waals surface area (Å²) in [6.07, 6.45) is 0.773. The van der Waals surface area contributed by atoms with Crippen molar-refractivity contribution in [1.29, 1.82) is 0 Å². The minimum Gasteiger partial charge on any atom is -0.308 e. The van der Waals surface area contributed by atoms with Gasteiger partial charge in [-0.05, 0) is 27.2 Å². The lowest BCUT2D eigenvalue weighted by atomic mass is 10.0. The maximum Gasteiger partial charge on any atom is 0.156 e. The highest BCUT2D eigenvalue weighted by Crippen LogP contribution is 2.17. The smallest absolute Gasteiger partial charge is 0.156 e. The Kier molecular flexibility index (Phi) is 6.79. The Morgan fingerprint density at radius 2 is 1.59 bits per heavy atom. The number of hydrogen-bond acceptors (Lipinski definition) is 3. The molecule has 0 unspecified atom stereocenters. The van der Waals surface area contributed by atoms with Crippen LogP contribution >= 0.6 is 23.2 Å². The van der Waals surface area contributed by atoms with Crippen LogP contribution in [0.15, 0.2) is 0 Å². The Bertz CT molecular complexity index is 311. The van der Waals surface area contributed by atoms with Crippen molar-refractivity contribution in [3.63, 3.8) is 0 Å². The first kappa shape index (κ1) is 17.5. The molecule has 0 spiro atoms. The molecule has 0 bridgehead atoms. The molecule has 0 aromatic carbocycles. The minimum atomic E-state index is -3.09. The first-order valence-corrected chi connectivity index (χ1v) is 8.45. The van der Waals surface area contributed by atoms with Crippen LogP contribution in [0.1, 0.15) is 34.1 Å². The zero-order valence-corrected chi connectivity index (χ0v) is 13.3. The Balaban J connectivity index is 4.43. The molecule has 104 valence electrons. The zero-order valence-electron chi connectivity index (χ0n) is 11.0. The van der Waals surface area contributed by atoms with E-state index >= 15 is 0 Å². The maximum atomic E-state index is 11.9. The van der Waals surface area contributed by atoms with Crippen molar-refractivity contribution in [2.45, 2.75) is 44.4 Å². The third-order valence-electron chi connectivity index (χ3n) is 2.99. The predicted octanol–water partition coefficient (Wildman–Crippen LogP) is 2.42. The molecular weight excluding hydrogens is 281 g/mol. The average Bonchev–Trinajstić information content (AvgIpc) is 2.23. The van der Waals surface area contributed by atoms with Gasteiger partial charge in [-0.1, -0.05) is 6.92 Å². The number of halogens is 2. The van der Waals surface area contributed by atoms with Gasteiger partial charge in [0.25, 0.3) is 0 Å². The van der Waals surface area contributed by atoms with Gasteiger partial charge in [0.15, 0.2) is 9.84 Å². The molecule has 0 aromatic heterocycles. The quantitative estimate of drug-likeness (QED) is 0.735. The number of hydrogen-bond donors (Lipinski definition) is 1. The van der Waals surface area contributed by atoms with Gasteiger partial charge in [0, 0.05) is 23.8 Å². The molecule has 0 atom stereocenters. The van der Waals surface area contributed by atoms with Gasteiger partial charge >= 0.3 is 0 Å². The second-order valence-electron chi connectivity index (χ2n) is 5.26. The highest BCUT2D eigenvalue weighted by atomic mass is 35.5. The molecule has 0 radical (unpaired) electrons. The van der Waals surface area contributed by atoms with Crippen LogP contribution in [0.5, 0.6) is 0 Å². The van der Waals surface area contributed by atoms with Gasteiger partial charge in [-0.15, -0.1) is 23.2 Å². The van der Waals surface area contributed by atoms with Gasteiger partial charge in [0.1, 0.15) is 0 Å². The lowest BCUT2D eigenvalue weighted by molar-refractivity contribution is 0.396. The summed E-state index contributed by atoms with van der Waals surface area (Å²) in [5, 5.41) is 3.17. The van der Waals surface area contributed by atoms with Crippen LogP contribution in [0, 0.1) is 0 Å². The molecule has 0 saturated carbocycles. The summed E-state index contributed by atoms with van der Waals surface area (Å²) in [6, 6.07) is 0. The Labute approximate surface area is 115 Å². The van der Waals surface area contributed by atoms with E-state index in [2.05, 4.69) is 5.32 Å². The van der Waals surface area contributed by atoms with Crippen molar-refractivity contribution >= 4 is 33.0 Å². The fraction of sp³-hybridized carbons (Fsp3) is 1.00. The van der Waals surface area contributed by atoms with E-state index in [1.54, 1.807) is 20.8 Å². The second-order valence-corrected chi connectivity index (χ2v) is 8.66. The summed E-state index contributed by atoms with van der Waals surface area (Å²) in [5.41, 5.74) is -0.365. The number of alkyl halides is 2. The van der Waals surface area contributed by atoms with E-state index in [0.717, 1.165) is 6.42 Å². The van der Waals surface area contributed by atoms with E-state index in [0.29, 0.717) is 18.3 Å². The van der Waals surface area contributed by atoms with Gasteiger partial charge in [0.05, 0.1) is 10.5 Å². The summed E-state index contributed by atoms with van der Waals surface area (Å²) in [4.78, 5) is 0. The Morgan fingerprint density at radius 1 is 1.12 bits per heavy atom. The van der Waals surface area contributed by atoms with Crippen molar-refractivity contribution < 1.29 is 8.42 Å². The molecule has 1 N–H and O–H groups in total. The topological polar surface area (TPSA) is 46.2 Å². The monoisotopic (exact) mass is 303 g/mol. The van der Waals surface area contributed by atoms with E-state index in [9.17, 15) is 8.42 Å². The van der Waals surface area contributed by atoms with Crippen LogP contribution in [0.25, 0.3) is 0 Å². The van der Waals surface area contributed by atoms with Crippen LogP contribution in [0.4, 0.5) is 0 Å². The maximum absolute atomic E-state index is 11.9. The molecule has 0 heterocycles. The summed E-state index contributed by atoms with van der Waals surface area (Å²) in [5.74, 6) is 0.858. The predicted molar refractivity (Wildman–Crippen MR) is 76.0 cm³/mol. The number of rotatable bonds is 7. The van der Waals surface area contributed by atoms with Crippen LogP contribution in [0.2, 0.25) is 0 Å². The lowest BCUT2D eigenvalue weighted by Crippen LogP contribution is -2.50. The van der Waals surface area contributed by atoms with Crippen LogP contribution in [-0.4, -0.2) is 42.8 Å². The minimum absolute atomic E-state index is 0.103. The standard InChI is InChI=1S/C11H23Cl2NO2S/c1-5-11(8-12,9-13)14-6-7-17(15,16)10(2,3)4/h14H,5-9H2,1-4H3. The van der Waals surface area contributed by atoms with Gasteiger partial charge in [0.2, 0.25) is 0 Å². The van der Waals surface area contributed by atoms with Gasteiger partial charge in [-0.3, -0.25) is 0 Å². The zero-order chi connectivity index (χ0) is 13.7. The molecule has 0 aromatic rings. The fourth-order valence-electron chi connectivity index (χ4n) is 1.20. The lowest BCUT2D eigenvalue weighted by Gasteiger charge is -2.30. The average molecular weight is 304 g/mol. The molecule has 6 heteroatoms. The Morgan fingerprint density at radius 3 is 1.88 bits per heavy atom. The SMILES string of the molecule is CCC(CCl)(CCl)NCCS(=O)(=O)C(C)(C)C. The third kappa shape index (κ3) is 4.93. The fourth-order valence-corrected chi connectivity index (χ4v) is 3.04. The van der Waals surface area contributed by atoms with E-state index in [1.165, 1.54) is 0 Å². The largest absolute Gasteiger partial charge is 0.308 e. The summed E-state index contributed by atoms with van der Waals surface area (Å²) in [6.45, 7) is 7.48. The molecule has 0 rings (SSSR count). The molecule has 0 amide bonds. The Hall–Kier alpha value is 0.490.